The number of esters is 1. The topological polar surface area (TPSA) is 75.6 Å². The van der Waals surface area contributed by atoms with Gasteiger partial charge in [0.05, 0.1) is 6.04 Å². The molecule has 0 aliphatic carbocycles. The van der Waals surface area contributed by atoms with Crippen molar-refractivity contribution in [2.24, 2.45) is 0 Å². The van der Waals surface area contributed by atoms with Crippen molar-refractivity contribution in [2.45, 2.75) is 13.0 Å². The summed E-state index contributed by atoms with van der Waals surface area (Å²) in [4.78, 5) is 23.8. The predicted molar refractivity (Wildman–Crippen MR) is 94.1 cm³/mol. The van der Waals surface area contributed by atoms with Gasteiger partial charge in [0.2, 0.25) is 0 Å². The molecular formula is C17H15BrClNO4. The van der Waals surface area contributed by atoms with Crippen LogP contribution in [0.25, 0.3) is 0 Å². The van der Waals surface area contributed by atoms with Crippen LogP contribution in [0.1, 0.15) is 28.9 Å². The van der Waals surface area contributed by atoms with Crippen LogP contribution >= 0.6 is 27.5 Å². The lowest BCUT2D eigenvalue weighted by atomic mass is 10.1. The molecule has 2 rings (SSSR count). The molecule has 2 N–H and O–H groups in total. The number of rotatable bonds is 5. The molecule has 0 bridgehead atoms. The van der Waals surface area contributed by atoms with Gasteiger partial charge in [-0.3, -0.25) is 4.79 Å². The van der Waals surface area contributed by atoms with Gasteiger partial charge in [0.25, 0.3) is 5.91 Å². The number of amides is 1. The number of hydrogen-bond donors (Lipinski definition) is 2. The number of ether oxygens (including phenoxy) is 1. The predicted octanol–water partition coefficient (Wildman–Crippen LogP) is 3.84. The molecule has 2 aromatic carbocycles. The second-order valence-corrected chi connectivity index (χ2v) is 6.43. The van der Waals surface area contributed by atoms with Gasteiger partial charge in [0, 0.05) is 9.50 Å². The zero-order valence-electron chi connectivity index (χ0n) is 12.8. The van der Waals surface area contributed by atoms with Crippen molar-refractivity contribution < 1.29 is 19.4 Å². The molecule has 0 aromatic heterocycles. The average molecular weight is 413 g/mol. The Balaban J connectivity index is 1.89. The van der Waals surface area contributed by atoms with Crippen molar-refractivity contribution in [3.05, 3.63) is 63.1 Å². The maximum atomic E-state index is 11.9. The Bertz CT molecular complexity index is 749. The molecule has 0 aliphatic rings. The van der Waals surface area contributed by atoms with Gasteiger partial charge in [0.1, 0.15) is 11.3 Å². The third kappa shape index (κ3) is 4.97. The number of nitrogens with one attached hydrogen (secondary N) is 1. The summed E-state index contributed by atoms with van der Waals surface area (Å²) in [5.41, 5.74) is 0.867. The molecule has 7 heteroatoms. The van der Waals surface area contributed by atoms with Gasteiger partial charge >= 0.3 is 5.97 Å². The Morgan fingerprint density at radius 2 is 1.92 bits per heavy atom. The molecule has 5 nitrogen and oxygen atoms in total. The summed E-state index contributed by atoms with van der Waals surface area (Å²) in [5.74, 6) is -1.43. The van der Waals surface area contributed by atoms with Crippen LogP contribution in [0.4, 0.5) is 0 Å². The fourth-order valence-corrected chi connectivity index (χ4v) is 2.49. The molecule has 0 aliphatic heterocycles. The third-order valence-corrected chi connectivity index (χ3v) is 4.01. The van der Waals surface area contributed by atoms with Crippen LogP contribution in [0.2, 0.25) is 5.02 Å². The molecule has 0 spiro atoms. The van der Waals surface area contributed by atoms with E-state index in [4.69, 9.17) is 16.3 Å². The Labute approximate surface area is 152 Å². The SMILES string of the molecule is C[C@@H](NC(=O)COC(=O)c1cc(Br)ccc1O)c1ccc(Cl)cc1. The summed E-state index contributed by atoms with van der Waals surface area (Å²) >= 11 is 9.02. The van der Waals surface area contributed by atoms with Crippen LogP contribution < -0.4 is 5.32 Å². The fourth-order valence-electron chi connectivity index (χ4n) is 2.00. The molecule has 0 unspecified atom stereocenters. The monoisotopic (exact) mass is 411 g/mol. The summed E-state index contributed by atoms with van der Waals surface area (Å²) in [6.45, 7) is 1.37. The second kappa shape index (κ2) is 8.17. The van der Waals surface area contributed by atoms with E-state index in [-0.39, 0.29) is 17.4 Å². The van der Waals surface area contributed by atoms with Crippen molar-refractivity contribution >= 4 is 39.4 Å². The molecule has 0 heterocycles. The first-order valence-electron chi connectivity index (χ1n) is 7.07. The molecule has 126 valence electrons. The van der Waals surface area contributed by atoms with Gasteiger partial charge in [-0.2, -0.15) is 0 Å². The molecule has 0 saturated heterocycles. The number of benzene rings is 2. The minimum Gasteiger partial charge on any atom is -0.507 e. The van der Waals surface area contributed by atoms with E-state index in [0.29, 0.717) is 9.50 Å². The molecule has 2 aromatic rings. The summed E-state index contributed by atoms with van der Waals surface area (Å²) in [5, 5.41) is 13.0. The normalized spacial score (nSPS) is 11.6. The Kier molecular flexibility index (Phi) is 6.23. The first-order valence-corrected chi connectivity index (χ1v) is 8.24. The van der Waals surface area contributed by atoms with Crippen LogP contribution in [-0.2, 0) is 9.53 Å². The Hall–Kier alpha value is -2.05. The molecular weight excluding hydrogens is 398 g/mol. The van der Waals surface area contributed by atoms with E-state index in [1.807, 2.05) is 6.92 Å². The Morgan fingerprint density at radius 1 is 1.25 bits per heavy atom. The number of carbonyl (C=O) groups excluding carboxylic acids is 2. The number of aromatic hydroxyl groups is 1. The lowest BCUT2D eigenvalue weighted by Gasteiger charge is -2.14. The van der Waals surface area contributed by atoms with E-state index in [1.165, 1.54) is 12.1 Å². The largest absolute Gasteiger partial charge is 0.507 e. The number of carbonyl (C=O) groups is 2. The van der Waals surface area contributed by atoms with Crippen LogP contribution in [0.5, 0.6) is 5.75 Å². The van der Waals surface area contributed by atoms with Gasteiger partial charge in [0.15, 0.2) is 6.61 Å². The maximum Gasteiger partial charge on any atom is 0.342 e. The molecule has 0 saturated carbocycles. The van der Waals surface area contributed by atoms with E-state index in [2.05, 4.69) is 21.2 Å². The zero-order valence-corrected chi connectivity index (χ0v) is 15.1. The minimum absolute atomic E-state index is 0.0112. The van der Waals surface area contributed by atoms with Crippen molar-refractivity contribution in [3.8, 4) is 5.75 Å². The highest BCUT2D eigenvalue weighted by Crippen LogP contribution is 2.22. The fraction of sp³-hybridized carbons (Fsp3) is 0.176. The molecule has 0 fully saturated rings. The highest BCUT2D eigenvalue weighted by Gasteiger charge is 2.16. The lowest BCUT2D eigenvalue weighted by molar-refractivity contribution is -0.124. The lowest BCUT2D eigenvalue weighted by Crippen LogP contribution is -2.31. The number of phenols is 1. The second-order valence-electron chi connectivity index (χ2n) is 5.08. The van der Waals surface area contributed by atoms with Gasteiger partial charge in [-0.1, -0.05) is 39.7 Å². The van der Waals surface area contributed by atoms with E-state index in [0.717, 1.165) is 5.56 Å². The first kappa shape index (κ1) is 18.3. The number of hydrogen-bond acceptors (Lipinski definition) is 4. The van der Waals surface area contributed by atoms with E-state index < -0.39 is 18.5 Å². The van der Waals surface area contributed by atoms with Crippen LogP contribution in [0.15, 0.2) is 46.9 Å². The molecule has 0 radical (unpaired) electrons. The highest BCUT2D eigenvalue weighted by atomic mass is 79.9. The highest BCUT2D eigenvalue weighted by molar-refractivity contribution is 9.10. The molecule has 1 atom stereocenters. The van der Waals surface area contributed by atoms with Crippen LogP contribution in [0, 0.1) is 0 Å². The van der Waals surface area contributed by atoms with Crippen molar-refractivity contribution in [2.75, 3.05) is 6.61 Å². The van der Waals surface area contributed by atoms with E-state index >= 15 is 0 Å². The van der Waals surface area contributed by atoms with Crippen LogP contribution in [0.3, 0.4) is 0 Å². The minimum atomic E-state index is -0.775. The summed E-state index contributed by atoms with van der Waals surface area (Å²) in [6.07, 6.45) is 0. The van der Waals surface area contributed by atoms with E-state index in [1.54, 1.807) is 30.3 Å². The van der Waals surface area contributed by atoms with Gasteiger partial charge in [-0.25, -0.2) is 4.79 Å². The summed E-state index contributed by atoms with van der Waals surface area (Å²) < 4.78 is 5.55. The number of phenolic OH excluding ortho intramolecular Hbond substituents is 1. The maximum absolute atomic E-state index is 11.9. The van der Waals surface area contributed by atoms with Crippen molar-refractivity contribution in [3.63, 3.8) is 0 Å². The van der Waals surface area contributed by atoms with Gasteiger partial charge in [-0.15, -0.1) is 0 Å². The molecule has 1 amide bonds. The summed E-state index contributed by atoms with van der Waals surface area (Å²) in [7, 11) is 0. The smallest absolute Gasteiger partial charge is 0.342 e. The van der Waals surface area contributed by atoms with Crippen LogP contribution in [-0.4, -0.2) is 23.6 Å². The zero-order chi connectivity index (χ0) is 17.7. The number of halogens is 2. The van der Waals surface area contributed by atoms with Crippen molar-refractivity contribution in [1.82, 2.24) is 5.32 Å². The average Bonchev–Trinajstić information content (AvgIpc) is 2.55. The standard InChI is InChI=1S/C17H15BrClNO4/c1-10(11-2-5-13(19)6-3-11)20-16(22)9-24-17(23)14-8-12(18)4-7-15(14)21/h2-8,10,21H,9H2,1H3,(H,20,22)/t10-/m1/s1. The van der Waals surface area contributed by atoms with E-state index in [9.17, 15) is 14.7 Å². The van der Waals surface area contributed by atoms with Crippen molar-refractivity contribution in [1.29, 1.82) is 0 Å². The first-order chi connectivity index (χ1) is 11.4. The van der Waals surface area contributed by atoms with Gasteiger partial charge in [-0.05, 0) is 42.8 Å². The quantitative estimate of drug-likeness (QED) is 0.732. The summed E-state index contributed by atoms with van der Waals surface area (Å²) in [6, 6.07) is 11.2. The van der Waals surface area contributed by atoms with Gasteiger partial charge < -0.3 is 15.2 Å². The Morgan fingerprint density at radius 3 is 2.58 bits per heavy atom. The third-order valence-electron chi connectivity index (χ3n) is 3.26. The molecule has 24 heavy (non-hydrogen) atoms.